The second-order valence-electron chi connectivity index (χ2n) is 4.86. The predicted octanol–water partition coefficient (Wildman–Crippen LogP) is 2.30. The van der Waals surface area contributed by atoms with Gasteiger partial charge in [-0.1, -0.05) is 6.07 Å². The van der Waals surface area contributed by atoms with E-state index in [0.29, 0.717) is 12.6 Å². The average molecular weight is 265 g/mol. The number of nitrogens with two attached hydrogens (primary N) is 1. The summed E-state index contributed by atoms with van der Waals surface area (Å²) in [6, 6.07) is 4.47. The fourth-order valence-electron chi connectivity index (χ4n) is 2.70. The highest BCUT2D eigenvalue weighted by atomic mass is 32.2. The van der Waals surface area contributed by atoms with Gasteiger partial charge >= 0.3 is 0 Å². The zero-order valence-electron chi connectivity index (χ0n) is 11.1. The summed E-state index contributed by atoms with van der Waals surface area (Å²) in [6.45, 7) is 2.99. The molecule has 0 spiro atoms. The van der Waals surface area contributed by atoms with Gasteiger partial charge in [0.1, 0.15) is 0 Å². The first kappa shape index (κ1) is 13.8. The van der Waals surface area contributed by atoms with Crippen molar-refractivity contribution in [3.63, 3.8) is 0 Å². The van der Waals surface area contributed by atoms with E-state index in [9.17, 15) is 0 Å². The summed E-state index contributed by atoms with van der Waals surface area (Å²) < 4.78 is 0. The summed E-state index contributed by atoms with van der Waals surface area (Å²) in [6.07, 6.45) is 9.89. The number of hydrogen-bond acceptors (Lipinski definition) is 4. The predicted molar refractivity (Wildman–Crippen MR) is 78.8 cm³/mol. The first-order valence-electron chi connectivity index (χ1n) is 6.72. The van der Waals surface area contributed by atoms with Crippen molar-refractivity contribution >= 4 is 11.8 Å². The van der Waals surface area contributed by atoms with Gasteiger partial charge in [0.25, 0.3) is 0 Å². The molecule has 0 radical (unpaired) electrons. The second kappa shape index (κ2) is 7.12. The molecule has 0 aliphatic carbocycles. The number of nitrogens with zero attached hydrogens (tertiary/aromatic N) is 2. The maximum Gasteiger partial charge on any atom is 0.0485 e. The number of hydrogen-bond donors (Lipinski definition) is 1. The molecule has 0 bridgehead atoms. The zero-order chi connectivity index (χ0) is 12.8. The fraction of sp³-hybridized carbons (Fsp3) is 0.643. The molecule has 1 aliphatic rings. The standard InChI is InChI=1S/C14H23N3S/c1-18-13-5-3-8-17(9-6-13)14(10-15)12-4-2-7-16-11-12/h2,4,7,11,13-14H,3,5-6,8-10,15H2,1H3. The quantitative estimate of drug-likeness (QED) is 0.907. The normalized spacial score (nSPS) is 23.6. The molecule has 1 aliphatic heterocycles. The first-order chi connectivity index (χ1) is 8.85. The monoisotopic (exact) mass is 265 g/mol. The Balaban J connectivity index is 2.04. The summed E-state index contributed by atoms with van der Waals surface area (Å²) in [5.74, 6) is 0. The average Bonchev–Trinajstić information content (AvgIpc) is 2.66. The molecule has 2 unspecified atom stereocenters. The number of pyridine rings is 1. The van der Waals surface area contributed by atoms with Crippen molar-refractivity contribution < 1.29 is 0 Å². The van der Waals surface area contributed by atoms with Gasteiger partial charge in [0.05, 0.1) is 0 Å². The van der Waals surface area contributed by atoms with E-state index in [1.165, 1.54) is 24.8 Å². The summed E-state index contributed by atoms with van der Waals surface area (Å²) in [4.78, 5) is 6.75. The zero-order valence-corrected chi connectivity index (χ0v) is 11.9. The highest BCUT2D eigenvalue weighted by Crippen LogP contribution is 2.26. The lowest BCUT2D eigenvalue weighted by Gasteiger charge is -2.29. The van der Waals surface area contributed by atoms with E-state index < -0.39 is 0 Å². The van der Waals surface area contributed by atoms with Gasteiger partial charge < -0.3 is 5.73 Å². The van der Waals surface area contributed by atoms with Crippen LogP contribution in [0.15, 0.2) is 24.5 Å². The lowest BCUT2D eigenvalue weighted by Crippen LogP contribution is -2.34. The molecule has 1 saturated heterocycles. The van der Waals surface area contributed by atoms with E-state index in [1.807, 2.05) is 30.2 Å². The van der Waals surface area contributed by atoms with Gasteiger partial charge in [-0.15, -0.1) is 0 Å². The third kappa shape index (κ3) is 3.46. The second-order valence-corrected chi connectivity index (χ2v) is 6.00. The van der Waals surface area contributed by atoms with Crippen molar-refractivity contribution in [3.05, 3.63) is 30.1 Å². The summed E-state index contributed by atoms with van der Waals surface area (Å²) in [5, 5.41) is 0.822. The molecule has 0 saturated carbocycles. The van der Waals surface area contributed by atoms with Gasteiger partial charge in [-0.05, 0) is 50.2 Å². The maximum absolute atomic E-state index is 5.98. The van der Waals surface area contributed by atoms with Gasteiger partial charge in [-0.25, -0.2) is 0 Å². The van der Waals surface area contributed by atoms with Gasteiger partial charge in [0, 0.05) is 30.2 Å². The lowest BCUT2D eigenvalue weighted by atomic mass is 10.1. The van der Waals surface area contributed by atoms with E-state index >= 15 is 0 Å². The Morgan fingerprint density at radius 1 is 1.50 bits per heavy atom. The van der Waals surface area contributed by atoms with Crippen LogP contribution >= 0.6 is 11.8 Å². The van der Waals surface area contributed by atoms with Crippen molar-refractivity contribution in [1.82, 2.24) is 9.88 Å². The van der Waals surface area contributed by atoms with E-state index in [-0.39, 0.29) is 0 Å². The van der Waals surface area contributed by atoms with Crippen LogP contribution < -0.4 is 5.73 Å². The molecule has 0 amide bonds. The van der Waals surface area contributed by atoms with E-state index in [1.54, 1.807) is 0 Å². The Hall–Kier alpha value is -0.580. The van der Waals surface area contributed by atoms with Crippen LogP contribution in [0.2, 0.25) is 0 Å². The number of thioether (sulfide) groups is 1. The van der Waals surface area contributed by atoms with Crippen LogP contribution in [-0.2, 0) is 0 Å². The van der Waals surface area contributed by atoms with Crippen LogP contribution in [0.5, 0.6) is 0 Å². The Bertz CT molecular complexity index is 344. The third-order valence-corrected chi connectivity index (χ3v) is 4.91. The van der Waals surface area contributed by atoms with Gasteiger partial charge in [0.2, 0.25) is 0 Å². The molecule has 1 fully saturated rings. The molecule has 2 heterocycles. The van der Waals surface area contributed by atoms with Crippen molar-refractivity contribution in [2.24, 2.45) is 5.73 Å². The highest BCUT2D eigenvalue weighted by Gasteiger charge is 2.23. The lowest BCUT2D eigenvalue weighted by molar-refractivity contribution is 0.209. The Kier molecular flexibility index (Phi) is 5.47. The Labute approximate surface area is 114 Å². The van der Waals surface area contributed by atoms with Crippen LogP contribution in [0, 0.1) is 0 Å². The highest BCUT2D eigenvalue weighted by molar-refractivity contribution is 7.99. The fourth-order valence-corrected chi connectivity index (χ4v) is 3.45. The molecule has 3 nitrogen and oxygen atoms in total. The van der Waals surface area contributed by atoms with Crippen molar-refractivity contribution in [2.75, 3.05) is 25.9 Å². The minimum Gasteiger partial charge on any atom is -0.329 e. The Morgan fingerprint density at radius 2 is 2.39 bits per heavy atom. The molecule has 18 heavy (non-hydrogen) atoms. The maximum atomic E-state index is 5.98. The van der Waals surface area contributed by atoms with Gasteiger partial charge in [-0.2, -0.15) is 11.8 Å². The summed E-state index contributed by atoms with van der Waals surface area (Å²) in [5.41, 5.74) is 7.23. The molecule has 100 valence electrons. The summed E-state index contributed by atoms with van der Waals surface area (Å²) in [7, 11) is 0. The summed E-state index contributed by atoms with van der Waals surface area (Å²) >= 11 is 2.01. The largest absolute Gasteiger partial charge is 0.329 e. The van der Waals surface area contributed by atoms with Gasteiger partial charge in [0.15, 0.2) is 0 Å². The molecule has 4 heteroatoms. The molecular weight excluding hydrogens is 242 g/mol. The van der Waals surface area contributed by atoms with E-state index in [0.717, 1.165) is 18.3 Å². The molecule has 2 rings (SSSR count). The van der Waals surface area contributed by atoms with Crippen molar-refractivity contribution in [1.29, 1.82) is 0 Å². The minimum absolute atomic E-state index is 0.333. The van der Waals surface area contributed by atoms with Crippen LogP contribution in [0.25, 0.3) is 0 Å². The number of aromatic nitrogens is 1. The third-order valence-electron chi connectivity index (χ3n) is 3.78. The molecule has 1 aromatic heterocycles. The smallest absolute Gasteiger partial charge is 0.0485 e. The van der Waals surface area contributed by atoms with E-state index in [2.05, 4.69) is 22.2 Å². The van der Waals surface area contributed by atoms with Crippen LogP contribution in [0.3, 0.4) is 0 Å². The van der Waals surface area contributed by atoms with Crippen LogP contribution in [-0.4, -0.2) is 41.0 Å². The molecule has 2 N–H and O–H groups in total. The Morgan fingerprint density at radius 3 is 3.06 bits per heavy atom. The minimum atomic E-state index is 0.333. The molecule has 0 aromatic carbocycles. The molecular formula is C14H23N3S. The van der Waals surface area contributed by atoms with Gasteiger partial charge in [-0.3, -0.25) is 9.88 Å². The first-order valence-corrected chi connectivity index (χ1v) is 8.00. The van der Waals surface area contributed by atoms with Crippen molar-refractivity contribution in [3.8, 4) is 0 Å². The number of likely N-dealkylation sites (tertiary alicyclic amines) is 1. The van der Waals surface area contributed by atoms with E-state index in [4.69, 9.17) is 5.73 Å². The molecule has 2 atom stereocenters. The van der Waals surface area contributed by atoms with Crippen LogP contribution in [0.1, 0.15) is 30.9 Å². The van der Waals surface area contributed by atoms with Crippen LogP contribution in [0.4, 0.5) is 0 Å². The van der Waals surface area contributed by atoms with Crippen molar-refractivity contribution in [2.45, 2.75) is 30.6 Å². The topological polar surface area (TPSA) is 42.1 Å². The SMILES string of the molecule is CSC1CCCN(C(CN)c2cccnc2)CC1. The number of rotatable bonds is 4. The molecule has 1 aromatic rings.